The van der Waals surface area contributed by atoms with Gasteiger partial charge in [-0.1, -0.05) is 6.92 Å². The van der Waals surface area contributed by atoms with Crippen LogP contribution in [0.5, 0.6) is 0 Å². The van der Waals surface area contributed by atoms with Crippen LogP contribution in [0.2, 0.25) is 0 Å². The van der Waals surface area contributed by atoms with Gasteiger partial charge >= 0.3 is 0 Å². The molecule has 2 amide bonds. The zero-order valence-corrected chi connectivity index (χ0v) is 13.7. The molecule has 0 aliphatic carbocycles. The van der Waals surface area contributed by atoms with Gasteiger partial charge in [0, 0.05) is 56.7 Å². The van der Waals surface area contributed by atoms with Crippen LogP contribution in [-0.2, 0) is 9.59 Å². The average molecular weight is 294 g/mol. The van der Waals surface area contributed by atoms with Gasteiger partial charge in [-0.25, -0.2) is 0 Å². The van der Waals surface area contributed by atoms with E-state index in [1.54, 1.807) is 33.4 Å². The second kappa shape index (κ2) is 9.88. The van der Waals surface area contributed by atoms with Crippen molar-refractivity contribution in [2.45, 2.75) is 19.9 Å². The summed E-state index contributed by atoms with van der Waals surface area (Å²) in [7, 11) is 6.79. The Kier molecular flexibility index (Phi) is 8.96. The second-order valence-electron chi connectivity index (χ2n) is 4.78. The number of rotatable bonds is 8. The number of hydrogen-bond donors (Lipinski definition) is 2. The van der Waals surface area contributed by atoms with Crippen molar-refractivity contribution >= 4 is 18.0 Å². The molecule has 0 aromatic heterocycles. The molecule has 0 aromatic carbocycles. The highest BCUT2D eigenvalue weighted by molar-refractivity contribution is 6.05. The van der Waals surface area contributed by atoms with Crippen LogP contribution in [0.15, 0.2) is 28.9 Å². The molecular weight excluding hydrogens is 268 g/mol. The number of carbonyl (C=O) groups excluding carboxylic acids is 2. The predicted molar refractivity (Wildman–Crippen MR) is 86.2 cm³/mol. The largest absolute Gasteiger partial charge is 0.356 e. The number of amides is 2. The molecule has 0 spiro atoms. The lowest BCUT2D eigenvalue weighted by Gasteiger charge is -2.22. The summed E-state index contributed by atoms with van der Waals surface area (Å²) in [4.78, 5) is 27.9. The summed E-state index contributed by atoms with van der Waals surface area (Å²) >= 11 is 0. The molecule has 21 heavy (non-hydrogen) atoms. The Hall–Kier alpha value is -1.95. The summed E-state index contributed by atoms with van der Waals surface area (Å²) in [5.74, 6) is -0.0833. The van der Waals surface area contributed by atoms with E-state index in [1.807, 2.05) is 14.0 Å². The monoisotopic (exact) mass is 294 g/mol. The van der Waals surface area contributed by atoms with E-state index in [0.717, 1.165) is 11.3 Å². The van der Waals surface area contributed by atoms with Crippen molar-refractivity contribution < 1.29 is 9.59 Å². The van der Waals surface area contributed by atoms with Crippen molar-refractivity contribution in [2.24, 2.45) is 10.9 Å². The van der Waals surface area contributed by atoms with Crippen molar-refractivity contribution in [1.82, 2.24) is 15.5 Å². The molecule has 6 heteroatoms. The molecule has 0 aliphatic heterocycles. The molecule has 0 aromatic rings. The molecule has 0 rings (SSSR count). The van der Waals surface area contributed by atoms with Crippen molar-refractivity contribution in [1.29, 1.82) is 0 Å². The molecule has 0 heterocycles. The van der Waals surface area contributed by atoms with Crippen LogP contribution in [0.25, 0.3) is 0 Å². The Bertz CT molecular complexity index is 441. The quantitative estimate of drug-likeness (QED) is 0.297. The van der Waals surface area contributed by atoms with Crippen molar-refractivity contribution in [3.05, 3.63) is 23.9 Å². The van der Waals surface area contributed by atoms with Gasteiger partial charge in [-0.2, -0.15) is 0 Å². The molecule has 6 nitrogen and oxygen atoms in total. The van der Waals surface area contributed by atoms with Gasteiger partial charge in [0.25, 0.3) is 0 Å². The highest BCUT2D eigenvalue weighted by atomic mass is 16.1. The first kappa shape index (κ1) is 19.1. The molecule has 118 valence electrons. The molecule has 2 atom stereocenters. The second-order valence-corrected chi connectivity index (χ2v) is 4.78. The zero-order valence-electron chi connectivity index (χ0n) is 13.7. The molecule has 0 saturated heterocycles. The number of likely N-dealkylation sites (N-methyl/N-ethyl adjacent to an activating group) is 1. The third-order valence-corrected chi connectivity index (χ3v) is 3.34. The topological polar surface area (TPSA) is 73.8 Å². The third kappa shape index (κ3) is 6.35. The normalized spacial score (nSPS) is 15.7. The van der Waals surface area contributed by atoms with Crippen molar-refractivity contribution in [3.8, 4) is 0 Å². The molecule has 0 aliphatic rings. The van der Waals surface area contributed by atoms with E-state index >= 15 is 0 Å². The molecule has 0 radical (unpaired) electrons. The third-order valence-electron chi connectivity index (χ3n) is 3.34. The number of nitrogens with one attached hydrogen (secondary N) is 2. The van der Waals surface area contributed by atoms with Crippen LogP contribution in [0.4, 0.5) is 0 Å². The van der Waals surface area contributed by atoms with Crippen molar-refractivity contribution in [3.63, 3.8) is 0 Å². The van der Waals surface area contributed by atoms with Gasteiger partial charge in [0.1, 0.15) is 0 Å². The lowest BCUT2D eigenvalue weighted by molar-refractivity contribution is -0.116. The average Bonchev–Trinajstić information content (AvgIpc) is 2.51. The van der Waals surface area contributed by atoms with Gasteiger partial charge in [-0.05, 0) is 20.0 Å². The van der Waals surface area contributed by atoms with E-state index < -0.39 is 0 Å². The summed E-state index contributed by atoms with van der Waals surface area (Å²) in [6.07, 6.45) is 5.45. The smallest absolute Gasteiger partial charge is 0.243 e. The van der Waals surface area contributed by atoms with Gasteiger partial charge in [0.05, 0.1) is 0 Å². The van der Waals surface area contributed by atoms with Crippen LogP contribution < -0.4 is 10.6 Å². The van der Waals surface area contributed by atoms with Crippen LogP contribution in [0, 0.1) is 5.92 Å². The summed E-state index contributed by atoms with van der Waals surface area (Å²) in [5, 5.41) is 5.70. The maximum atomic E-state index is 11.4. The minimum Gasteiger partial charge on any atom is -0.356 e. The van der Waals surface area contributed by atoms with E-state index in [2.05, 4.69) is 22.5 Å². The predicted octanol–water partition coefficient (Wildman–Crippen LogP) is 0.576. The Morgan fingerprint density at radius 1 is 1.24 bits per heavy atom. The first-order chi connectivity index (χ1) is 9.90. The summed E-state index contributed by atoms with van der Waals surface area (Å²) in [5.41, 5.74) is 1.55. The highest BCUT2D eigenvalue weighted by Crippen LogP contribution is 2.14. The summed E-state index contributed by atoms with van der Waals surface area (Å²) in [6.45, 7) is 4.10. The number of hydrogen-bond acceptors (Lipinski definition) is 4. The maximum Gasteiger partial charge on any atom is 0.243 e. The van der Waals surface area contributed by atoms with Gasteiger partial charge in [0.2, 0.25) is 12.3 Å². The Morgan fingerprint density at radius 2 is 1.86 bits per heavy atom. The molecule has 0 fully saturated rings. The Morgan fingerprint density at radius 3 is 2.29 bits per heavy atom. The van der Waals surface area contributed by atoms with E-state index in [0.29, 0.717) is 6.41 Å². The highest BCUT2D eigenvalue weighted by Gasteiger charge is 2.19. The minimum absolute atomic E-state index is 0.126. The molecule has 2 N–H and O–H groups in total. The fraction of sp³-hybridized carbons (Fsp3) is 0.533. The van der Waals surface area contributed by atoms with Crippen LogP contribution >= 0.6 is 0 Å². The Labute approximate surface area is 127 Å². The van der Waals surface area contributed by atoms with Gasteiger partial charge in [0.15, 0.2) is 0 Å². The fourth-order valence-corrected chi connectivity index (χ4v) is 1.78. The van der Waals surface area contributed by atoms with Crippen LogP contribution in [0.1, 0.15) is 13.8 Å². The summed E-state index contributed by atoms with van der Waals surface area (Å²) < 4.78 is 0. The van der Waals surface area contributed by atoms with E-state index in [1.165, 1.54) is 11.0 Å². The SMILES string of the molecule is CN=C(C(/C=C/C(=O)NC)=C/N(C)C=O)C(C)C(C)NC. The summed E-state index contributed by atoms with van der Waals surface area (Å²) in [6, 6.07) is 0.210. The molecular formula is C15H26N4O2. The molecule has 2 unspecified atom stereocenters. The van der Waals surface area contributed by atoms with Gasteiger partial charge in [-0.15, -0.1) is 0 Å². The lowest BCUT2D eigenvalue weighted by Crippen LogP contribution is -2.34. The number of carbonyl (C=O) groups is 2. The molecule has 0 saturated carbocycles. The fourth-order valence-electron chi connectivity index (χ4n) is 1.78. The van der Waals surface area contributed by atoms with E-state index in [4.69, 9.17) is 0 Å². The number of aliphatic imine (C=N–C) groups is 1. The molecule has 0 bridgehead atoms. The maximum absolute atomic E-state index is 11.4. The Balaban J connectivity index is 5.55. The van der Waals surface area contributed by atoms with E-state index in [-0.39, 0.29) is 17.9 Å². The first-order valence-electron chi connectivity index (χ1n) is 6.84. The van der Waals surface area contributed by atoms with Crippen molar-refractivity contribution in [2.75, 3.05) is 28.2 Å². The lowest BCUT2D eigenvalue weighted by atomic mass is 9.92. The first-order valence-corrected chi connectivity index (χ1v) is 6.84. The number of nitrogens with zero attached hydrogens (tertiary/aromatic N) is 2. The van der Waals surface area contributed by atoms with Crippen LogP contribution in [-0.4, -0.2) is 57.2 Å². The van der Waals surface area contributed by atoms with Crippen LogP contribution in [0.3, 0.4) is 0 Å². The minimum atomic E-state index is -0.209. The van der Waals surface area contributed by atoms with Gasteiger partial charge in [-0.3, -0.25) is 14.6 Å². The van der Waals surface area contributed by atoms with Gasteiger partial charge < -0.3 is 15.5 Å². The zero-order chi connectivity index (χ0) is 16.4. The number of allylic oxidation sites excluding steroid dienone is 2. The standard InChI is InChI=1S/C15H26N4O2/c1-11(12(2)16-3)15(18-5)13(9-19(6)10-20)7-8-14(21)17-4/h7-12,16H,1-6H3,(H,17,21)/b8-7+,13-9+,18-15?. The van der Waals surface area contributed by atoms with E-state index in [9.17, 15) is 9.59 Å².